The predicted molar refractivity (Wildman–Crippen MR) is 125 cm³/mol. The van der Waals surface area contributed by atoms with Crippen LogP contribution in [-0.4, -0.2) is 59.7 Å². The zero-order valence-electron chi connectivity index (χ0n) is 19.2. The second-order valence-corrected chi connectivity index (χ2v) is 7.55. The molecule has 1 amide bonds. The van der Waals surface area contributed by atoms with Crippen molar-refractivity contribution in [3.8, 4) is 28.3 Å². The lowest BCUT2D eigenvalue weighted by atomic mass is 10.1. The van der Waals surface area contributed by atoms with E-state index in [0.29, 0.717) is 36.6 Å². The maximum absolute atomic E-state index is 12.8. The first-order chi connectivity index (χ1) is 16.0. The average Bonchev–Trinajstić information content (AvgIpc) is 3.46. The smallest absolute Gasteiger partial charge is 0.258 e. The number of carbonyl (C=O) groups is 1. The maximum Gasteiger partial charge on any atom is 0.258 e. The molecule has 33 heavy (non-hydrogen) atoms. The quantitative estimate of drug-likeness (QED) is 0.395. The number of methoxy groups -OCH3 is 3. The summed E-state index contributed by atoms with van der Waals surface area (Å²) in [4.78, 5) is 17.4. The van der Waals surface area contributed by atoms with E-state index in [0.717, 1.165) is 27.8 Å². The number of amides is 1. The summed E-state index contributed by atoms with van der Waals surface area (Å²) in [5.41, 5.74) is 4.95. The van der Waals surface area contributed by atoms with E-state index in [1.165, 1.54) is 14.2 Å². The lowest BCUT2D eigenvalue weighted by molar-refractivity contribution is 0.0942. The topological polar surface area (TPSA) is 92.4 Å². The van der Waals surface area contributed by atoms with Crippen LogP contribution in [0.3, 0.4) is 0 Å². The number of aryl methyl sites for hydroxylation is 1. The van der Waals surface area contributed by atoms with Crippen LogP contribution >= 0.6 is 0 Å². The monoisotopic (exact) mass is 449 g/mol. The van der Waals surface area contributed by atoms with Gasteiger partial charge in [-0.05, 0) is 24.1 Å². The van der Waals surface area contributed by atoms with Gasteiger partial charge in [-0.15, -0.1) is 0 Å². The number of aromatic nitrogens is 4. The Morgan fingerprint density at radius 3 is 2.45 bits per heavy atom. The number of carbonyl (C=O) groups excluding carboxylic acids is 1. The number of ether oxygens (including phenoxy) is 3. The molecular weight excluding hydrogens is 422 g/mol. The molecule has 0 spiro atoms. The highest BCUT2D eigenvalue weighted by molar-refractivity contribution is 6.00. The summed E-state index contributed by atoms with van der Waals surface area (Å²) >= 11 is 0. The normalized spacial score (nSPS) is 11.0. The van der Waals surface area contributed by atoms with Crippen LogP contribution in [0.25, 0.3) is 27.8 Å². The number of hydrogen-bond acceptors (Lipinski definition) is 6. The Hall–Kier alpha value is -3.85. The minimum atomic E-state index is -0.261. The molecule has 1 N–H and O–H groups in total. The van der Waals surface area contributed by atoms with Crippen LogP contribution in [0.4, 0.5) is 0 Å². The van der Waals surface area contributed by atoms with Crippen molar-refractivity contribution in [2.24, 2.45) is 7.05 Å². The van der Waals surface area contributed by atoms with Gasteiger partial charge in [0.25, 0.3) is 5.91 Å². The molecule has 9 heteroatoms. The molecule has 0 atom stereocenters. The summed E-state index contributed by atoms with van der Waals surface area (Å²) in [7, 11) is 6.59. The zero-order chi connectivity index (χ0) is 23.4. The number of benzene rings is 2. The standard InChI is InChI=1S/C24H27N5O4/c1-28-14-17(13-27-28)16-6-7-20-19(10-16)26-15-29(20)18-11-21(32-3)23(22(12-18)33-4)24(30)25-8-5-9-31-2/h6-7,10-15H,5,8-9H2,1-4H3,(H,25,30). The van der Waals surface area contributed by atoms with Gasteiger partial charge < -0.3 is 19.5 Å². The van der Waals surface area contributed by atoms with E-state index in [1.54, 1.807) is 18.1 Å². The Morgan fingerprint density at radius 1 is 1.06 bits per heavy atom. The average molecular weight is 450 g/mol. The molecule has 0 aliphatic rings. The Bertz CT molecular complexity index is 1250. The third kappa shape index (κ3) is 4.54. The Labute approximate surface area is 191 Å². The maximum atomic E-state index is 12.8. The van der Waals surface area contributed by atoms with Gasteiger partial charge in [0, 0.05) is 51.2 Å². The number of nitrogens with one attached hydrogen (secondary N) is 1. The van der Waals surface area contributed by atoms with Crippen molar-refractivity contribution < 1.29 is 19.0 Å². The minimum Gasteiger partial charge on any atom is -0.496 e. The summed E-state index contributed by atoms with van der Waals surface area (Å²) in [5, 5.41) is 7.12. The lowest BCUT2D eigenvalue weighted by Gasteiger charge is -2.16. The van der Waals surface area contributed by atoms with Crippen LogP contribution < -0.4 is 14.8 Å². The number of rotatable bonds is 9. The van der Waals surface area contributed by atoms with E-state index in [9.17, 15) is 4.79 Å². The van der Waals surface area contributed by atoms with Gasteiger partial charge in [0.1, 0.15) is 23.4 Å². The fourth-order valence-electron chi connectivity index (χ4n) is 3.74. The molecule has 0 unspecified atom stereocenters. The molecular formula is C24H27N5O4. The number of imidazole rings is 1. The highest BCUT2D eigenvalue weighted by Crippen LogP contribution is 2.34. The predicted octanol–water partition coefficient (Wildman–Crippen LogP) is 3.21. The van der Waals surface area contributed by atoms with Crippen molar-refractivity contribution in [3.63, 3.8) is 0 Å². The second kappa shape index (κ2) is 9.74. The number of hydrogen-bond donors (Lipinski definition) is 1. The van der Waals surface area contributed by atoms with E-state index < -0.39 is 0 Å². The third-order valence-electron chi connectivity index (χ3n) is 5.39. The van der Waals surface area contributed by atoms with Crippen molar-refractivity contribution in [1.82, 2.24) is 24.6 Å². The minimum absolute atomic E-state index is 0.261. The zero-order valence-corrected chi connectivity index (χ0v) is 19.2. The van der Waals surface area contributed by atoms with Crippen LogP contribution in [0.2, 0.25) is 0 Å². The number of fused-ring (bicyclic) bond motifs is 1. The van der Waals surface area contributed by atoms with Gasteiger partial charge in [0.2, 0.25) is 0 Å². The van der Waals surface area contributed by atoms with Crippen LogP contribution in [0.5, 0.6) is 11.5 Å². The molecule has 0 saturated heterocycles. The fraction of sp³-hybridized carbons (Fsp3) is 0.292. The summed E-state index contributed by atoms with van der Waals surface area (Å²) in [6, 6.07) is 9.69. The van der Waals surface area contributed by atoms with E-state index in [2.05, 4.69) is 15.4 Å². The first-order valence-electron chi connectivity index (χ1n) is 10.6. The molecule has 0 aliphatic heterocycles. The Balaban J connectivity index is 1.69. The summed E-state index contributed by atoms with van der Waals surface area (Å²) in [5.74, 6) is 0.577. The van der Waals surface area contributed by atoms with Gasteiger partial charge in [0.05, 0.1) is 37.1 Å². The third-order valence-corrected chi connectivity index (χ3v) is 5.39. The van der Waals surface area contributed by atoms with Crippen molar-refractivity contribution in [2.75, 3.05) is 34.5 Å². The number of nitrogens with zero attached hydrogens (tertiary/aromatic N) is 4. The SMILES string of the molecule is COCCCNC(=O)c1c(OC)cc(-n2cnc3cc(-c4cnn(C)c4)ccc32)cc1OC. The van der Waals surface area contributed by atoms with Gasteiger partial charge in [-0.2, -0.15) is 5.10 Å². The van der Waals surface area contributed by atoms with Gasteiger partial charge in [-0.1, -0.05) is 6.07 Å². The van der Waals surface area contributed by atoms with E-state index in [-0.39, 0.29) is 5.91 Å². The molecule has 0 aliphatic carbocycles. The first-order valence-corrected chi connectivity index (χ1v) is 10.6. The highest BCUT2D eigenvalue weighted by atomic mass is 16.5. The van der Waals surface area contributed by atoms with Crippen LogP contribution in [0.15, 0.2) is 49.1 Å². The molecule has 0 radical (unpaired) electrons. The van der Waals surface area contributed by atoms with Gasteiger partial charge in [0.15, 0.2) is 0 Å². The molecule has 0 fully saturated rings. The Morgan fingerprint density at radius 2 is 1.82 bits per heavy atom. The molecule has 4 aromatic rings. The molecule has 2 heterocycles. The molecule has 2 aromatic carbocycles. The van der Waals surface area contributed by atoms with Gasteiger partial charge in [-0.3, -0.25) is 14.0 Å². The van der Waals surface area contributed by atoms with E-state index in [4.69, 9.17) is 14.2 Å². The van der Waals surface area contributed by atoms with Crippen molar-refractivity contribution in [3.05, 3.63) is 54.6 Å². The van der Waals surface area contributed by atoms with Crippen molar-refractivity contribution in [1.29, 1.82) is 0 Å². The summed E-state index contributed by atoms with van der Waals surface area (Å²) < 4.78 is 19.9. The largest absolute Gasteiger partial charge is 0.496 e. The van der Waals surface area contributed by atoms with Gasteiger partial charge >= 0.3 is 0 Å². The van der Waals surface area contributed by atoms with Crippen LogP contribution in [0.1, 0.15) is 16.8 Å². The fourth-order valence-corrected chi connectivity index (χ4v) is 3.74. The molecule has 0 saturated carbocycles. The lowest BCUT2D eigenvalue weighted by Crippen LogP contribution is -2.26. The summed E-state index contributed by atoms with van der Waals surface area (Å²) in [6.07, 6.45) is 6.25. The Kier molecular flexibility index (Phi) is 6.60. The highest BCUT2D eigenvalue weighted by Gasteiger charge is 2.21. The molecule has 9 nitrogen and oxygen atoms in total. The molecule has 0 bridgehead atoms. The van der Waals surface area contributed by atoms with E-state index >= 15 is 0 Å². The van der Waals surface area contributed by atoms with Crippen LogP contribution in [0, 0.1) is 0 Å². The van der Waals surface area contributed by atoms with Gasteiger partial charge in [-0.25, -0.2) is 4.98 Å². The summed E-state index contributed by atoms with van der Waals surface area (Å²) in [6.45, 7) is 1.07. The second-order valence-electron chi connectivity index (χ2n) is 7.55. The van der Waals surface area contributed by atoms with E-state index in [1.807, 2.05) is 54.3 Å². The van der Waals surface area contributed by atoms with Crippen molar-refractivity contribution in [2.45, 2.75) is 6.42 Å². The molecule has 4 rings (SSSR count). The van der Waals surface area contributed by atoms with Crippen molar-refractivity contribution >= 4 is 16.9 Å². The molecule has 172 valence electrons. The molecule has 2 aromatic heterocycles. The first kappa shape index (κ1) is 22.3. The van der Waals surface area contributed by atoms with Crippen LogP contribution in [-0.2, 0) is 11.8 Å².